The Morgan fingerprint density at radius 3 is 2.45 bits per heavy atom. The Hall–Kier alpha value is -0.243. The Morgan fingerprint density at radius 1 is 1.10 bits per heavy atom. The summed E-state index contributed by atoms with van der Waals surface area (Å²) in [4.78, 5) is 11.7. The molecule has 164 valence electrons. The van der Waals surface area contributed by atoms with Crippen molar-refractivity contribution in [2.75, 3.05) is 0 Å². The Balaban J connectivity index is 1.76. The molecule has 0 aromatic carbocycles. The van der Waals surface area contributed by atoms with Gasteiger partial charge < -0.3 is 9.53 Å². The zero-order chi connectivity index (χ0) is 21.2. The first-order chi connectivity index (χ1) is 13.2. The zero-order valence-electron chi connectivity index (χ0n) is 19.2. The van der Waals surface area contributed by atoms with E-state index >= 15 is 0 Å². The number of fused-ring (bicyclic) bond motifs is 4. The molecule has 1 heterocycles. The van der Waals surface area contributed by atoms with Crippen LogP contribution < -0.4 is 0 Å². The normalized spacial score (nSPS) is 55.3. The number of hydrogen-bond donors (Lipinski definition) is 1. The Kier molecular flexibility index (Phi) is 4.10. The summed E-state index contributed by atoms with van der Waals surface area (Å²) in [5.74, 6) is 2.41. The highest BCUT2D eigenvalue weighted by molar-refractivity contribution is 6.69. The van der Waals surface area contributed by atoms with E-state index in [1.165, 1.54) is 0 Å². The molecule has 0 bridgehead atoms. The average Bonchev–Trinajstić information content (AvgIpc) is 2.88. The minimum Gasteiger partial charge on any atom is -0.408 e. The molecule has 1 saturated heterocycles. The molecular formula is C23H38O5Si. The summed E-state index contributed by atoms with van der Waals surface area (Å²) in [5.41, 5.74) is -0.715. The van der Waals surface area contributed by atoms with Gasteiger partial charge >= 0.3 is 0 Å². The first-order valence-electron chi connectivity index (χ1n) is 11.4. The summed E-state index contributed by atoms with van der Waals surface area (Å²) in [6, 6.07) is 0. The van der Waals surface area contributed by atoms with Gasteiger partial charge in [-0.05, 0) is 86.1 Å². The van der Waals surface area contributed by atoms with Gasteiger partial charge in [-0.3, -0.25) is 0 Å². The first-order valence-corrected chi connectivity index (χ1v) is 14.8. The van der Waals surface area contributed by atoms with Crippen LogP contribution in [-0.2, 0) is 19.2 Å². The number of hydrogen-bond acceptors (Lipinski definition) is 5. The molecule has 6 heteroatoms. The van der Waals surface area contributed by atoms with Crippen LogP contribution in [-0.4, -0.2) is 36.3 Å². The molecule has 1 unspecified atom stereocenters. The first kappa shape index (κ1) is 20.6. The number of rotatable bonds is 2. The van der Waals surface area contributed by atoms with Crippen LogP contribution in [0.25, 0.3) is 0 Å². The molecule has 0 amide bonds. The lowest BCUT2D eigenvalue weighted by Gasteiger charge is -2.53. The lowest BCUT2D eigenvalue weighted by atomic mass is 9.63. The van der Waals surface area contributed by atoms with Crippen LogP contribution in [0.1, 0.15) is 53.9 Å². The molecule has 9 atom stereocenters. The van der Waals surface area contributed by atoms with E-state index in [4.69, 9.17) is 19.2 Å². The summed E-state index contributed by atoms with van der Waals surface area (Å²) in [6.07, 6.45) is 4.49. The summed E-state index contributed by atoms with van der Waals surface area (Å²) in [7, 11) is -1.92. The molecule has 0 aromatic heterocycles. The van der Waals surface area contributed by atoms with E-state index in [1.807, 2.05) is 6.92 Å². The quantitative estimate of drug-likeness (QED) is 0.399. The van der Waals surface area contributed by atoms with Crippen LogP contribution in [0.4, 0.5) is 0 Å². The third-order valence-corrected chi connectivity index (χ3v) is 9.77. The SMILES string of the molecule is C[C@@H]1C[C@@H]2[C@H]([C@@H]3C[C@H](C)[C@H]4OOO[C@]45C[C@](C)(O)C=C5C13O[Si](C)(C)C)C2(C)C. The molecule has 5 aliphatic rings. The molecule has 5 nitrogen and oxygen atoms in total. The minimum atomic E-state index is -1.92. The van der Waals surface area contributed by atoms with E-state index in [-0.39, 0.29) is 12.0 Å². The van der Waals surface area contributed by atoms with Gasteiger partial charge in [0.2, 0.25) is 0 Å². The summed E-state index contributed by atoms with van der Waals surface area (Å²) >= 11 is 0. The van der Waals surface area contributed by atoms with Gasteiger partial charge in [0.15, 0.2) is 13.9 Å². The lowest BCUT2D eigenvalue weighted by molar-refractivity contribution is -0.474. The van der Waals surface area contributed by atoms with Crippen molar-refractivity contribution in [2.45, 2.75) is 96.4 Å². The smallest absolute Gasteiger partial charge is 0.184 e. The van der Waals surface area contributed by atoms with Crippen LogP contribution in [0.3, 0.4) is 0 Å². The average molecular weight is 423 g/mol. The highest BCUT2D eigenvalue weighted by Gasteiger charge is 2.76. The predicted octanol–water partition coefficient (Wildman–Crippen LogP) is 4.63. The van der Waals surface area contributed by atoms with Gasteiger partial charge in [-0.2, -0.15) is 9.78 Å². The molecule has 1 spiro atoms. The molecule has 29 heavy (non-hydrogen) atoms. The molecule has 0 radical (unpaired) electrons. The van der Waals surface area contributed by atoms with Gasteiger partial charge in [-0.25, -0.2) is 0 Å². The predicted molar refractivity (Wildman–Crippen MR) is 112 cm³/mol. The molecule has 1 N–H and O–H groups in total. The second kappa shape index (κ2) is 5.76. The standard InChI is InChI=1S/C23H38O5Si/c1-13-9-16-18-15(20(18,3)4)10-14(2)23(16,27-29(6,7)8)17-11-21(5,24)12-22(17)19(13)25-28-26-22/h11,13-16,18-19,24H,9-10,12H2,1-8H3/t13-,14+,15+,16-,18+,19+,21+,22-,23?/m0/s1. The van der Waals surface area contributed by atoms with Gasteiger partial charge in [0.05, 0.1) is 11.2 Å². The fourth-order valence-electron chi connectivity index (χ4n) is 7.96. The number of aliphatic hydroxyl groups is 1. The Morgan fingerprint density at radius 2 is 1.79 bits per heavy atom. The fourth-order valence-corrected chi connectivity index (χ4v) is 9.43. The lowest BCUT2D eigenvalue weighted by Crippen LogP contribution is -2.59. The van der Waals surface area contributed by atoms with Crippen LogP contribution in [0.5, 0.6) is 0 Å². The molecule has 0 aromatic rings. The fraction of sp³-hybridized carbons (Fsp3) is 0.913. The monoisotopic (exact) mass is 422 g/mol. The van der Waals surface area contributed by atoms with Crippen molar-refractivity contribution in [1.82, 2.24) is 0 Å². The van der Waals surface area contributed by atoms with Gasteiger partial charge in [0.1, 0.15) is 6.10 Å². The van der Waals surface area contributed by atoms with Crippen LogP contribution in [0, 0.1) is 35.0 Å². The van der Waals surface area contributed by atoms with Crippen molar-refractivity contribution in [3.8, 4) is 0 Å². The minimum absolute atomic E-state index is 0.219. The van der Waals surface area contributed by atoms with Crippen molar-refractivity contribution in [3.63, 3.8) is 0 Å². The second-order valence-corrected chi connectivity index (χ2v) is 17.0. The summed E-state index contributed by atoms with van der Waals surface area (Å²) < 4.78 is 7.28. The molecule has 4 fully saturated rings. The third-order valence-electron chi connectivity index (χ3n) is 8.82. The van der Waals surface area contributed by atoms with Gasteiger partial charge in [-0.15, -0.1) is 0 Å². The van der Waals surface area contributed by atoms with Crippen molar-refractivity contribution in [1.29, 1.82) is 0 Å². The third kappa shape index (κ3) is 2.62. The molecular weight excluding hydrogens is 384 g/mol. The maximum Gasteiger partial charge on any atom is 0.184 e. The van der Waals surface area contributed by atoms with E-state index in [0.717, 1.165) is 24.3 Å². The highest BCUT2D eigenvalue weighted by atomic mass is 28.4. The molecule has 4 aliphatic carbocycles. The van der Waals surface area contributed by atoms with Crippen molar-refractivity contribution >= 4 is 8.32 Å². The van der Waals surface area contributed by atoms with E-state index in [1.54, 1.807) is 0 Å². The van der Waals surface area contributed by atoms with E-state index in [2.05, 4.69) is 53.4 Å². The zero-order valence-corrected chi connectivity index (χ0v) is 20.2. The van der Waals surface area contributed by atoms with Crippen LogP contribution in [0.15, 0.2) is 11.6 Å². The maximum absolute atomic E-state index is 11.2. The van der Waals surface area contributed by atoms with Crippen LogP contribution >= 0.6 is 0 Å². The topological polar surface area (TPSA) is 57.2 Å². The van der Waals surface area contributed by atoms with E-state index < -0.39 is 25.1 Å². The Labute approximate surface area is 176 Å². The van der Waals surface area contributed by atoms with Gasteiger partial charge in [0.25, 0.3) is 0 Å². The molecule has 1 aliphatic heterocycles. The Bertz CT molecular complexity index is 755. The molecule has 5 rings (SSSR count). The largest absolute Gasteiger partial charge is 0.408 e. The van der Waals surface area contributed by atoms with E-state index in [9.17, 15) is 5.11 Å². The van der Waals surface area contributed by atoms with Crippen LogP contribution in [0.2, 0.25) is 19.6 Å². The van der Waals surface area contributed by atoms with Crippen molar-refractivity contribution in [2.24, 2.45) is 35.0 Å². The second-order valence-electron chi connectivity index (χ2n) is 12.6. The van der Waals surface area contributed by atoms with E-state index in [0.29, 0.717) is 29.6 Å². The molecule has 3 saturated carbocycles. The maximum atomic E-state index is 11.2. The summed E-state index contributed by atoms with van der Waals surface area (Å²) in [6.45, 7) is 18.2. The van der Waals surface area contributed by atoms with Gasteiger partial charge in [0, 0.05) is 6.42 Å². The van der Waals surface area contributed by atoms with Crippen molar-refractivity contribution < 1.29 is 24.3 Å². The highest BCUT2D eigenvalue weighted by Crippen LogP contribution is 2.75. The summed E-state index contributed by atoms with van der Waals surface area (Å²) in [5, 5.41) is 16.4. The van der Waals surface area contributed by atoms with Gasteiger partial charge in [-0.1, -0.05) is 32.7 Å². The van der Waals surface area contributed by atoms with Crippen molar-refractivity contribution in [3.05, 3.63) is 11.6 Å².